The number of hydrogen-bond acceptors (Lipinski definition) is 11. The van der Waals surface area contributed by atoms with Crippen molar-refractivity contribution in [2.75, 3.05) is 30.0 Å². The molecule has 4 aromatic heterocycles. The molecular formula is C56H58N8O9S2. The molecule has 0 bridgehead atoms. The molecule has 0 saturated heterocycles. The third-order valence-electron chi connectivity index (χ3n) is 12.8. The van der Waals surface area contributed by atoms with Crippen LogP contribution in [-0.4, -0.2) is 89.1 Å². The Kier molecular flexibility index (Phi) is 17.8. The van der Waals surface area contributed by atoms with E-state index in [4.69, 9.17) is 6.57 Å². The highest BCUT2D eigenvalue weighted by molar-refractivity contribution is 7.91. The number of aromatic nitrogens is 4. The minimum Gasteiger partial charge on any atom is -0.394 e. The molecular weight excluding hydrogens is 993 g/mol. The van der Waals surface area contributed by atoms with Crippen molar-refractivity contribution in [1.82, 2.24) is 29.7 Å². The van der Waals surface area contributed by atoms with Crippen LogP contribution in [0.1, 0.15) is 94.4 Å². The zero-order chi connectivity index (χ0) is 53.9. The van der Waals surface area contributed by atoms with Crippen molar-refractivity contribution in [3.63, 3.8) is 0 Å². The molecule has 17 nitrogen and oxygen atoms in total. The van der Waals surface area contributed by atoms with Gasteiger partial charge in [0.1, 0.15) is 0 Å². The number of amides is 3. The monoisotopic (exact) mass is 1050 g/mol. The molecule has 0 spiro atoms. The molecule has 75 heavy (non-hydrogen) atoms. The fraction of sp³-hybridized carbons (Fsp3) is 0.250. The lowest BCUT2D eigenvalue weighted by atomic mass is 10.1. The number of nitrogens with zero attached hydrogens (tertiary/aromatic N) is 5. The van der Waals surface area contributed by atoms with Crippen molar-refractivity contribution < 1.29 is 41.4 Å². The highest BCUT2D eigenvalue weighted by Gasteiger charge is 2.22. The van der Waals surface area contributed by atoms with Crippen LogP contribution >= 0.6 is 0 Å². The summed E-state index contributed by atoms with van der Waals surface area (Å²) in [6.45, 7) is 15.1. The summed E-state index contributed by atoms with van der Waals surface area (Å²) in [7, 11) is -6.78. The molecule has 0 fully saturated rings. The predicted molar refractivity (Wildman–Crippen MR) is 288 cm³/mol. The van der Waals surface area contributed by atoms with Gasteiger partial charge in [-0.05, 0) is 110 Å². The Balaban J connectivity index is 0.000000219. The van der Waals surface area contributed by atoms with Gasteiger partial charge in [-0.25, -0.2) is 21.7 Å². The first kappa shape index (κ1) is 54.7. The molecule has 19 heteroatoms. The normalized spacial score (nSPS) is 12.3. The summed E-state index contributed by atoms with van der Waals surface area (Å²) < 4.78 is 52.5. The van der Waals surface area contributed by atoms with Crippen LogP contribution in [0, 0.1) is 6.57 Å². The second-order valence-electron chi connectivity index (χ2n) is 17.5. The molecule has 4 aromatic carbocycles. The lowest BCUT2D eigenvalue weighted by Crippen LogP contribution is -2.31. The second-order valence-corrected chi connectivity index (χ2v) is 22.0. The average molecular weight is 1050 g/mol. The Hall–Kier alpha value is -8.02. The lowest BCUT2D eigenvalue weighted by Gasteiger charge is -2.16. The molecule has 0 unspecified atom stereocenters. The van der Waals surface area contributed by atoms with Crippen molar-refractivity contribution >= 4 is 71.1 Å². The number of fused-ring (bicyclic) bond motifs is 2. The molecule has 0 aliphatic rings. The summed E-state index contributed by atoms with van der Waals surface area (Å²) in [6, 6.07) is 34.6. The van der Waals surface area contributed by atoms with Crippen LogP contribution in [0.2, 0.25) is 0 Å². The van der Waals surface area contributed by atoms with Crippen molar-refractivity contribution in [2.45, 2.75) is 75.5 Å². The number of aryl methyl sites for hydroxylation is 2. The van der Waals surface area contributed by atoms with Crippen LogP contribution in [0.5, 0.6) is 0 Å². The molecule has 5 N–H and O–H groups in total. The van der Waals surface area contributed by atoms with Gasteiger partial charge in [0, 0.05) is 88.3 Å². The molecule has 2 atom stereocenters. The highest BCUT2D eigenvalue weighted by Crippen LogP contribution is 2.27. The number of hydrogen-bond donors (Lipinski definition) is 5. The molecule has 0 aliphatic carbocycles. The van der Waals surface area contributed by atoms with E-state index in [1.807, 2.05) is 72.8 Å². The van der Waals surface area contributed by atoms with E-state index in [2.05, 4.69) is 65.9 Å². The summed E-state index contributed by atoms with van der Waals surface area (Å²) in [5.74, 6) is -0.814. The van der Waals surface area contributed by atoms with Crippen LogP contribution in [-0.2, 0) is 50.4 Å². The van der Waals surface area contributed by atoms with Crippen LogP contribution < -0.4 is 16.0 Å². The minimum absolute atomic E-state index is 0.0351. The second kappa shape index (κ2) is 24.3. The first-order valence-corrected chi connectivity index (χ1v) is 27.6. The van der Waals surface area contributed by atoms with Crippen LogP contribution in [0.4, 0.5) is 11.4 Å². The van der Waals surface area contributed by atoms with E-state index in [0.29, 0.717) is 47.5 Å². The lowest BCUT2D eigenvalue weighted by molar-refractivity contribution is -0.105. The van der Waals surface area contributed by atoms with Crippen molar-refractivity contribution in [1.29, 1.82) is 0 Å². The van der Waals surface area contributed by atoms with E-state index < -0.39 is 38.4 Å². The number of rotatable bonds is 20. The van der Waals surface area contributed by atoms with E-state index in [0.717, 1.165) is 63.1 Å². The Morgan fingerprint density at radius 1 is 0.613 bits per heavy atom. The molecule has 8 aromatic rings. The zero-order valence-corrected chi connectivity index (χ0v) is 43.5. The van der Waals surface area contributed by atoms with Gasteiger partial charge in [-0.3, -0.25) is 24.4 Å². The number of carbonyl (C=O) groups excluding carboxylic acids is 3. The molecule has 0 radical (unpaired) electrons. The number of benzene rings is 4. The quantitative estimate of drug-likeness (QED) is 0.0363. The Morgan fingerprint density at radius 3 is 1.39 bits per heavy atom. The van der Waals surface area contributed by atoms with Gasteiger partial charge < -0.3 is 35.3 Å². The number of carbonyl (C=O) groups is 3. The molecule has 3 amide bonds. The summed E-state index contributed by atoms with van der Waals surface area (Å²) in [6.07, 6.45) is 4.53. The van der Waals surface area contributed by atoms with Gasteiger partial charge in [-0.2, -0.15) is 0 Å². The fourth-order valence-corrected chi connectivity index (χ4v) is 10.3. The van der Waals surface area contributed by atoms with E-state index in [1.165, 1.54) is 36.7 Å². The first-order valence-electron chi connectivity index (χ1n) is 24.3. The van der Waals surface area contributed by atoms with E-state index in [-0.39, 0.29) is 39.7 Å². The number of sulfone groups is 2. The fourth-order valence-electron chi connectivity index (χ4n) is 8.68. The van der Waals surface area contributed by atoms with Crippen LogP contribution in [0.15, 0.2) is 144 Å². The van der Waals surface area contributed by atoms with Crippen LogP contribution in [0.25, 0.3) is 26.7 Å². The Bertz CT molecular complexity index is 3590. The molecule has 0 aliphatic heterocycles. The molecule has 388 valence electrons. The van der Waals surface area contributed by atoms with Gasteiger partial charge in [0.25, 0.3) is 11.8 Å². The van der Waals surface area contributed by atoms with E-state index in [1.54, 1.807) is 26.0 Å². The maximum absolute atomic E-state index is 13.1. The number of aliphatic hydroxyl groups is 2. The smallest absolute Gasteiger partial charge is 0.251 e. The summed E-state index contributed by atoms with van der Waals surface area (Å²) in [5, 5.41) is 29.8. The van der Waals surface area contributed by atoms with Gasteiger partial charge in [0.05, 0.1) is 64.6 Å². The molecule has 0 saturated carbocycles. The maximum Gasteiger partial charge on any atom is 0.251 e. The predicted octanol–water partition coefficient (Wildman–Crippen LogP) is 7.93. The summed E-state index contributed by atoms with van der Waals surface area (Å²) >= 11 is 0. The van der Waals surface area contributed by atoms with Crippen LogP contribution in [0.3, 0.4) is 0 Å². The SMILES string of the molecule is CCn1c(Cc2ccc(NC=O)cc2)cc2cc(C(=O)N[C@@H](CO)c3ccc(S(=O)(=O)CC)cn3)ccc21.[C-]#[N+]c1ccc(Cc2cc3cc(C(=O)N[C@@H](CO)c4ccc(S(=O)(=O)CC)cn4)ccc3n2CC)cc1. The molecule has 8 rings (SSSR count). The number of nitrogens with one attached hydrogen (secondary N) is 3. The standard InChI is InChI=1S/C28H30N4O5S.C28H28N4O4S/c1-3-32-23(13-19-5-8-22(9-6-19)30-18-34)15-21-14-20(7-12-27(21)32)28(35)31-26(17-33)25-11-10-24(16-29-25)38(36,37)4-2;1-4-32-23(14-19-6-9-22(29-3)10-7-19)16-21-15-20(8-13-27(21)32)28(34)31-26(18-33)25-12-11-24(17-30-25)37(35,36)5-2/h5-12,14-16,18,26,33H,3-4,13,17H2,1-2H3,(H,30,34)(H,31,35);6-13,15-17,26,33H,4-5,14,18H2,1-2H3,(H,31,34)/t2*26-/m00/s1. The van der Waals surface area contributed by atoms with Gasteiger partial charge in [0.2, 0.25) is 6.41 Å². The van der Waals surface area contributed by atoms with Crippen molar-refractivity contribution in [3.8, 4) is 0 Å². The summed E-state index contributed by atoms with van der Waals surface area (Å²) in [4.78, 5) is 48.7. The third kappa shape index (κ3) is 12.8. The Morgan fingerprint density at radius 2 is 1.04 bits per heavy atom. The van der Waals surface area contributed by atoms with E-state index in [9.17, 15) is 41.4 Å². The van der Waals surface area contributed by atoms with Gasteiger partial charge in [-0.15, -0.1) is 0 Å². The van der Waals surface area contributed by atoms with Crippen molar-refractivity contribution in [3.05, 3.63) is 190 Å². The first-order chi connectivity index (χ1) is 36.1. The van der Waals surface area contributed by atoms with Gasteiger partial charge in [-0.1, -0.05) is 50.2 Å². The number of pyridine rings is 2. The largest absolute Gasteiger partial charge is 0.394 e. The summed E-state index contributed by atoms with van der Waals surface area (Å²) in [5.41, 5.74) is 9.35. The minimum atomic E-state index is -3.39. The third-order valence-corrected chi connectivity index (χ3v) is 16.3. The Labute approximate surface area is 436 Å². The maximum atomic E-state index is 13.1. The zero-order valence-electron chi connectivity index (χ0n) is 41.9. The van der Waals surface area contributed by atoms with Crippen molar-refractivity contribution in [2.24, 2.45) is 0 Å². The highest BCUT2D eigenvalue weighted by atomic mass is 32.2. The topological polar surface area (TPSA) is 236 Å². The number of anilines is 1. The number of aliphatic hydroxyl groups excluding tert-OH is 2. The average Bonchev–Trinajstić information content (AvgIpc) is 3.97. The van der Waals surface area contributed by atoms with E-state index >= 15 is 0 Å². The van der Waals surface area contributed by atoms with Gasteiger partial charge in [0.15, 0.2) is 25.4 Å². The molecule has 4 heterocycles. The van der Waals surface area contributed by atoms with Gasteiger partial charge >= 0.3 is 0 Å².